The number of hydrogen-bond donors (Lipinski definition) is 2. The Morgan fingerprint density at radius 2 is 2.00 bits per heavy atom. The molecule has 3 N–H and O–H groups in total. The predicted octanol–water partition coefficient (Wildman–Crippen LogP) is 0.750. The van der Waals surface area contributed by atoms with Crippen LogP contribution in [0.15, 0.2) is 18.2 Å². The van der Waals surface area contributed by atoms with Crippen molar-refractivity contribution in [3.05, 3.63) is 33.9 Å². The maximum absolute atomic E-state index is 10.9. The standard InChI is InChI=1S/C12H17N5O2/c1-15-4-6-16(7-5-15)12(14)9-2-3-10(13)11(8-9)17(18)19/h2-3,8,14H,4-7,13H2,1H3. The second-order valence-corrected chi connectivity index (χ2v) is 4.67. The minimum Gasteiger partial charge on any atom is -0.393 e. The molecule has 0 spiro atoms. The van der Waals surface area contributed by atoms with Crippen LogP contribution in [0.1, 0.15) is 5.56 Å². The highest BCUT2D eigenvalue weighted by atomic mass is 16.6. The van der Waals surface area contributed by atoms with Crippen molar-refractivity contribution in [3.8, 4) is 0 Å². The maximum Gasteiger partial charge on any atom is 0.292 e. The van der Waals surface area contributed by atoms with Crippen LogP contribution < -0.4 is 5.73 Å². The maximum atomic E-state index is 10.9. The van der Waals surface area contributed by atoms with Gasteiger partial charge >= 0.3 is 0 Å². The second kappa shape index (κ2) is 5.23. The van der Waals surface area contributed by atoms with Crippen LogP contribution in [0.5, 0.6) is 0 Å². The fraction of sp³-hybridized carbons (Fsp3) is 0.417. The lowest BCUT2D eigenvalue weighted by Crippen LogP contribution is -2.47. The van der Waals surface area contributed by atoms with E-state index in [1.165, 1.54) is 12.1 Å². The van der Waals surface area contributed by atoms with Gasteiger partial charge in [-0.1, -0.05) is 0 Å². The van der Waals surface area contributed by atoms with Gasteiger partial charge < -0.3 is 15.5 Å². The van der Waals surface area contributed by atoms with Crippen molar-refractivity contribution in [1.29, 1.82) is 5.41 Å². The smallest absolute Gasteiger partial charge is 0.292 e. The van der Waals surface area contributed by atoms with Gasteiger partial charge in [-0.2, -0.15) is 0 Å². The van der Waals surface area contributed by atoms with E-state index in [9.17, 15) is 10.1 Å². The van der Waals surface area contributed by atoms with Gasteiger partial charge in [0.05, 0.1) is 4.92 Å². The Bertz CT molecular complexity index is 509. The van der Waals surface area contributed by atoms with Gasteiger partial charge in [-0.05, 0) is 19.2 Å². The van der Waals surface area contributed by atoms with E-state index in [0.717, 1.165) is 26.2 Å². The van der Waals surface area contributed by atoms with Crippen molar-refractivity contribution in [2.45, 2.75) is 0 Å². The zero-order valence-electron chi connectivity index (χ0n) is 10.8. The number of nitrogens with one attached hydrogen (secondary N) is 1. The molecule has 1 saturated heterocycles. The van der Waals surface area contributed by atoms with E-state index in [4.69, 9.17) is 11.1 Å². The first-order chi connectivity index (χ1) is 8.99. The number of rotatable bonds is 2. The summed E-state index contributed by atoms with van der Waals surface area (Å²) >= 11 is 0. The van der Waals surface area contributed by atoms with E-state index in [0.29, 0.717) is 11.4 Å². The number of nitro benzene ring substituents is 1. The molecular formula is C12H17N5O2. The molecule has 1 aromatic rings. The van der Waals surface area contributed by atoms with Crippen LogP contribution in [0, 0.1) is 15.5 Å². The number of anilines is 1. The molecule has 0 atom stereocenters. The van der Waals surface area contributed by atoms with Gasteiger partial charge in [-0.25, -0.2) is 0 Å². The summed E-state index contributed by atoms with van der Waals surface area (Å²) in [6.45, 7) is 3.29. The molecule has 0 unspecified atom stereocenters. The van der Waals surface area contributed by atoms with Gasteiger partial charge in [0.1, 0.15) is 11.5 Å². The van der Waals surface area contributed by atoms with E-state index in [1.807, 2.05) is 11.9 Å². The summed E-state index contributed by atoms with van der Waals surface area (Å²) < 4.78 is 0. The van der Waals surface area contributed by atoms with E-state index in [1.54, 1.807) is 6.07 Å². The largest absolute Gasteiger partial charge is 0.393 e. The summed E-state index contributed by atoms with van der Waals surface area (Å²) in [7, 11) is 2.04. The summed E-state index contributed by atoms with van der Waals surface area (Å²) in [5.74, 6) is 0.316. The molecule has 0 saturated carbocycles. The van der Waals surface area contributed by atoms with Gasteiger partial charge in [-0.3, -0.25) is 15.5 Å². The highest BCUT2D eigenvalue weighted by Crippen LogP contribution is 2.23. The number of amidine groups is 1. The lowest BCUT2D eigenvalue weighted by Gasteiger charge is -2.34. The molecule has 1 fully saturated rings. The lowest BCUT2D eigenvalue weighted by atomic mass is 10.1. The average Bonchev–Trinajstić information content (AvgIpc) is 2.39. The summed E-state index contributed by atoms with van der Waals surface area (Å²) in [6.07, 6.45) is 0. The van der Waals surface area contributed by atoms with Crippen molar-refractivity contribution in [2.75, 3.05) is 39.0 Å². The Hall–Kier alpha value is -2.15. The van der Waals surface area contributed by atoms with Crippen LogP contribution in [0.4, 0.5) is 11.4 Å². The number of nitrogens with zero attached hydrogens (tertiary/aromatic N) is 3. The lowest BCUT2D eigenvalue weighted by molar-refractivity contribution is -0.383. The fourth-order valence-electron chi connectivity index (χ4n) is 2.06. The Morgan fingerprint density at radius 1 is 1.37 bits per heavy atom. The van der Waals surface area contributed by atoms with Crippen molar-refractivity contribution >= 4 is 17.2 Å². The highest BCUT2D eigenvalue weighted by molar-refractivity contribution is 5.97. The number of nitrogens with two attached hydrogens (primary N) is 1. The number of likely N-dealkylation sites (N-methyl/N-ethyl adjacent to an activating group) is 1. The van der Waals surface area contributed by atoms with Gasteiger partial charge in [-0.15, -0.1) is 0 Å². The van der Waals surface area contributed by atoms with E-state index < -0.39 is 4.92 Å². The van der Waals surface area contributed by atoms with Crippen LogP contribution in [-0.2, 0) is 0 Å². The molecule has 7 heteroatoms. The van der Waals surface area contributed by atoms with Crippen LogP contribution in [-0.4, -0.2) is 53.8 Å². The first-order valence-electron chi connectivity index (χ1n) is 6.05. The van der Waals surface area contributed by atoms with Crippen molar-refractivity contribution in [2.24, 2.45) is 0 Å². The monoisotopic (exact) mass is 263 g/mol. The Kier molecular flexibility index (Phi) is 3.66. The average molecular weight is 263 g/mol. The predicted molar refractivity (Wildman–Crippen MR) is 73.4 cm³/mol. The third-order valence-corrected chi connectivity index (χ3v) is 3.32. The summed E-state index contributed by atoms with van der Waals surface area (Å²) in [5.41, 5.74) is 6.07. The molecule has 0 radical (unpaired) electrons. The van der Waals surface area contributed by atoms with Crippen LogP contribution >= 0.6 is 0 Å². The Labute approximate surface area is 111 Å². The molecule has 0 aromatic heterocycles. The SMILES string of the molecule is CN1CCN(C(=N)c2ccc(N)c([N+](=O)[O-])c2)CC1. The molecule has 1 heterocycles. The zero-order chi connectivity index (χ0) is 14.0. The molecule has 19 heavy (non-hydrogen) atoms. The first-order valence-corrected chi connectivity index (χ1v) is 6.05. The van der Waals surface area contributed by atoms with Gasteiger partial charge in [0.2, 0.25) is 0 Å². The summed E-state index contributed by atoms with van der Waals surface area (Å²) in [5, 5.41) is 19.0. The number of piperazine rings is 1. The number of hydrogen-bond acceptors (Lipinski definition) is 5. The summed E-state index contributed by atoms with van der Waals surface area (Å²) in [4.78, 5) is 14.4. The molecule has 0 amide bonds. The normalized spacial score (nSPS) is 16.4. The van der Waals surface area contributed by atoms with E-state index in [2.05, 4.69) is 4.90 Å². The molecular weight excluding hydrogens is 246 g/mol. The first kappa shape index (κ1) is 13.3. The molecule has 102 valence electrons. The number of nitro groups is 1. The van der Waals surface area contributed by atoms with Crippen molar-refractivity contribution in [3.63, 3.8) is 0 Å². The van der Waals surface area contributed by atoms with Crippen LogP contribution in [0.3, 0.4) is 0 Å². The van der Waals surface area contributed by atoms with Crippen LogP contribution in [0.25, 0.3) is 0 Å². The van der Waals surface area contributed by atoms with E-state index >= 15 is 0 Å². The summed E-state index contributed by atoms with van der Waals surface area (Å²) in [6, 6.07) is 4.51. The second-order valence-electron chi connectivity index (χ2n) is 4.67. The van der Waals surface area contributed by atoms with Crippen molar-refractivity contribution < 1.29 is 4.92 Å². The third kappa shape index (κ3) is 2.82. The number of nitrogen functional groups attached to an aromatic ring is 1. The van der Waals surface area contributed by atoms with Crippen molar-refractivity contribution in [1.82, 2.24) is 9.80 Å². The molecule has 1 aliphatic heterocycles. The number of benzene rings is 1. The molecule has 0 aliphatic carbocycles. The minimum absolute atomic E-state index is 0.125. The van der Waals surface area contributed by atoms with Gasteiger partial charge in [0.15, 0.2) is 0 Å². The van der Waals surface area contributed by atoms with Gasteiger partial charge in [0.25, 0.3) is 5.69 Å². The van der Waals surface area contributed by atoms with Gasteiger partial charge in [0, 0.05) is 37.8 Å². The topological polar surface area (TPSA) is 99.5 Å². The molecule has 7 nitrogen and oxygen atoms in total. The molecule has 0 bridgehead atoms. The highest BCUT2D eigenvalue weighted by Gasteiger charge is 2.20. The van der Waals surface area contributed by atoms with Crippen LogP contribution in [0.2, 0.25) is 0 Å². The minimum atomic E-state index is -0.518. The molecule has 2 rings (SSSR count). The third-order valence-electron chi connectivity index (χ3n) is 3.32. The fourth-order valence-corrected chi connectivity index (χ4v) is 2.06. The Morgan fingerprint density at radius 3 is 2.58 bits per heavy atom. The Balaban J connectivity index is 2.20. The molecule has 1 aromatic carbocycles. The molecule has 1 aliphatic rings. The zero-order valence-corrected chi connectivity index (χ0v) is 10.8. The quantitative estimate of drug-likeness (QED) is 0.270. The van der Waals surface area contributed by atoms with E-state index in [-0.39, 0.29) is 11.4 Å².